The summed E-state index contributed by atoms with van der Waals surface area (Å²) in [5, 5.41) is 15.1. The average Bonchev–Trinajstić information content (AvgIpc) is 4.21. The highest BCUT2D eigenvalue weighted by Gasteiger charge is 2.24. The van der Waals surface area contributed by atoms with Crippen molar-refractivity contribution in [1.29, 1.82) is 0 Å². The Morgan fingerprint density at radius 3 is 1.21 bits per heavy atom. The van der Waals surface area contributed by atoms with Crippen LogP contribution in [0.15, 0.2) is 249 Å². The second kappa shape index (κ2) is 15.8. The van der Waals surface area contributed by atoms with E-state index in [0.717, 1.165) is 22.7 Å². The van der Waals surface area contributed by atoms with E-state index in [1.165, 1.54) is 122 Å². The van der Waals surface area contributed by atoms with Crippen molar-refractivity contribution in [2.75, 3.05) is 9.80 Å². The maximum atomic E-state index is 2.56. The fourth-order valence-electron chi connectivity index (χ4n) is 11.9. The number of anilines is 6. The Balaban J connectivity index is 0.932. The summed E-state index contributed by atoms with van der Waals surface area (Å²) < 4.78 is 7.73. The van der Waals surface area contributed by atoms with Crippen LogP contribution in [0, 0.1) is 0 Å². The summed E-state index contributed by atoms with van der Waals surface area (Å²) in [6.45, 7) is 0. The molecule has 0 bridgehead atoms. The number of nitrogens with zero attached hydrogens (tertiary/aromatic N) is 3. The van der Waals surface area contributed by atoms with Gasteiger partial charge in [0.05, 0.1) is 37.3 Å². The number of aromatic nitrogens is 1. The highest BCUT2D eigenvalue weighted by molar-refractivity contribution is 7.26. The standard InChI is InChI=1S/C68H41N3S2/c1-4-16-42(17-5-1)47-38-58-56-36-43-30-32-50(69(48-18-6-2-7-19-48)60-26-14-24-54-52-22-10-12-28-64(52)72-67(54)60)34-45(43)40-62(56)71-63-41-46-35-51(33-31-44(46)37-57(63)59(39-47)66(58)71)70(49-20-8-3-9-21-49)61-27-15-25-55-53-23-11-13-29-65(53)73-68(55)61/h1-41H. The van der Waals surface area contributed by atoms with Gasteiger partial charge in [-0.2, -0.15) is 0 Å². The third kappa shape index (κ3) is 6.16. The molecule has 16 aromatic rings. The molecule has 0 N–H and O–H groups in total. The van der Waals surface area contributed by atoms with Crippen LogP contribution in [-0.4, -0.2) is 4.40 Å². The first-order chi connectivity index (χ1) is 36.2. The molecule has 73 heavy (non-hydrogen) atoms. The highest BCUT2D eigenvalue weighted by atomic mass is 32.1. The topological polar surface area (TPSA) is 10.9 Å². The van der Waals surface area contributed by atoms with Crippen molar-refractivity contribution in [2.45, 2.75) is 0 Å². The molecule has 4 aromatic heterocycles. The van der Waals surface area contributed by atoms with E-state index in [4.69, 9.17) is 0 Å². The van der Waals surface area contributed by atoms with Gasteiger partial charge in [0.15, 0.2) is 0 Å². The molecule has 0 atom stereocenters. The van der Waals surface area contributed by atoms with Gasteiger partial charge in [0, 0.05) is 75.2 Å². The van der Waals surface area contributed by atoms with Gasteiger partial charge in [0.25, 0.3) is 0 Å². The quantitative estimate of drug-likeness (QED) is 0.158. The summed E-state index contributed by atoms with van der Waals surface area (Å²) in [5.74, 6) is 0. The number of para-hydroxylation sites is 2. The van der Waals surface area contributed by atoms with Crippen LogP contribution in [0.2, 0.25) is 0 Å². The van der Waals surface area contributed by atoms with Gasteiger partial charge in [-0.25, -0.2) is 0 Å². The third-order valence-electron chi connectivity index (χ3n) is 15.2. The summed E-state index contributed by atoms with van der Waals surface area (Å²) in [7, 11) is 0. The van der Waals surface area contributed by atoms with Crippen LogP contribution >= 0.6 is 22.7 Å². The van der Waals surface area contributed by atoms with Crippen LogP contribution in [0.1, 0.15) is 0 Å². The van der Waals surface area contributed by atoms with Crippen LogP contribution in [-0.2, 0) is 0 Å². The molecular formula is C68H41N3S2. The second-order valence-electron chi connectivity index (χ2n) is 19.3. The van der Waals surface area contributed by atoms with E-state index in [9.17, 15) is 0 Å². The van der Waals surface area contributed by atoms with E-state index in [2.05, 4.69) is 263 Å². The Morgan fingerprint density at radius 1 is 0.274 bits per heavy atom. The molecule has 0 aliphatic rings. The van der Waals surface area contributed by atoms with Crippen molar-refractivity contribution in [3.63, 3.8) is 0 Å². The summed E-state index contributed by atoms with van der Waals surface area (Å²) in [6.07, 6.45) is 0. The molecule has 0 radical (unpaired) electrons. The van der Waals surface area contributed by atoms with Gasteiger partial charge in [-0.1, -0.05) is 140 Å². The first-order valence-corrected chi connectivity index (χ1v) is 26.5. The van der Waals surface area contributed by atoms with E-state index >= 15 is 0 Å². The monoisotopic (exact) mass is 963 g/mol. The van der Waals surface area contributed by atoms with Crippen LogP contribution in [0.5, 0.6) is 0 Å². The second-order valence-corrected chi connectivity index (χ2v) is 21.4. The Kier molecular flexibility index (Phi) is 8.78. The predicted molar refractivity (Wildman–Crippen MR) is 317 cm³/mol. The van der Waals surface area contributed by atoms with E-state index in [1.807, 2.05) is 22.7 Å². The molecule has 12 aromatic carbocycles. The Bertz CT molecular complexity index is 4570. The SMILES string of the molecule is c1ccc(-c2cc3c4cc5ccc(N(c6ccccc6)c6cccc7c6sc6ccccc67)cc5cc4n4c5cc6cc(N(c7ccccc7)c7cccc8c7sc7ccccc78)ccc6cc5c(c2)c34)cc1. The first-order valence-electron chi connectivity index (χ1n) is 24.9. The van der Waals surface area contributed by atoms with Gasteiger partial charge in [-0.3, -0.25) is 0 Å². The van der Waals surface area contributed by atoms with Crippen LogP contribution in [0.25, 0.3) is 111 Å². The molecule has 0 aliphatic heterocycles. The zero-order chi connectivity index (χ0) is 47.7. The lowest BCUT2D eigenvalue weighted by molar-refractivity contribution is 1.31. The fourth-order valence-corrected chi connectivity index (χ4v) is 14.3. The summed E-state index contributed by atoms with van der Waals surface area (Å²) in [6, 6.07) is 92.2. The number of rotatable bonds is 7. The molecule has 3 nitrogen and oxygen atoms in total. The molecule has 0 saturated carbocycles. The van der Waals surface area contributed by atoms with Crippen molar-refractivity contribution < 1.29 is 0 Å². The van der Waals surface area contributed by atoms with Crippen molar-refractivity contribution in [2.24, 2.45) is 0 Å². The molecule has 0 saturated heterocycles. The van der Waals surface area contributed by atoms with Crippen LogP contribution < -0.4 is 9.80 Å². The van der Waals surface area contributed by atoms with E-state index < -0.39 is 0 Å². The molecule has 0 aliphatic carbocycles. The Labute approximate surface area is 428 Å². The minimum atomic E-state index is 1.13. The van der Waals surface area contributed by atoms with Gasteiger partial charge < -0.3 is 14.2 Å². The van der Waals surface area contributed by atoms with Crippen LogP contribution in [0.4, 0.5) is 34.1 Å². The number of hydrogen-bond acceptors (Lipinski definition) is 4. The third-order valence-corrected chi connectivity index (χ3v) is 17.6. The van der Waals surface area contributed by atoms with Gasteiger partial charge >= 0.3 is 0 Å². The van der Waals surface area contributed by atoms with Gasteiger partial charge in [-0.05, 0) is 142 Å². The minimum absolute atomic E-state index is 1.13. The molecule has 0 unspecified atom stereocenters. The smallest absolute Gasteiger partial charge is 0.0640 e. The molecule has 0 fully saturated rings. The normalized spacial score (nSPS) is 12.1. The van der Waals surface area contributed by atoms with Gasteiger partial charge in [-0.15, -0.1) is 22.7 Å². The number of benzene rings is 12. The summed E-state index contributed by atoms with van der Waals surface area (Å²) >= 11 is 3.74. The molecular weight excluding hydrogens is 923 g/mol. The predicted octanol–water partition coefficient (Wildman–Crippen LogP) is 20.5. The summed E-state index contributed by atoms with van der Waals surface area (Å²) in [4.78, 5) is 4.89. The highest BCUT2D eigenvalue weighted by Crippen LogP contribution is 2.49. The largest absolute Gasteiger partial charge is 0.309 e. The number of hydrogen-bond donors (Lipinski definition) is 0. The molecule has 0 amide bonds. The van der Waals surface area contributed by atoms with Gasteiger partial charge in [0.1, 0.15) is 0 Å². The lowest BCUT2D eigenvalue weighted by Gasteiger charge is -2.26. The molecule has 16 rings (SSSR count). The van der Waals surface area contributed by atoms with E-state index in [0.29, 0.717) is 0 Å². The molecule has 340 valence electrons. The molecule has 0 spiro atoms. The van der Waals surface area contributed by atoms with Crippen molar-refractivity contribution >= 4 is 157 Å². The lowest BCUT2D eigenvalue weighted by Crippen LogP contribution is -2.09. The van der Waals surface area contributed by atoms with Crippen LogP contribution in [0.3, 0.4) is 0 Å². The number of thiophene rings is 2. The van der Waals surface area contributed by atoms with Gasteiger partial charge in [0.2, 0.25) is 0 Å². The Morgan fingerprint density at radius 2 is 0.712 bits per heavy atom. The molecule has 4 heterocycles. The van der Waals surface area contributed by atoms with E-state index in [1.54, 1.807) is 0 Å². The zero-order valence-electron chi connectivity index (χ0n) is 39.3. The summed E-state index contributed by atoms with van der Waals surface area (Å²) in [5.41, 5.74) is 13.0. The van der Waals surface area contributed by atoms with E-state index in [-0.39, 0.29) is 0 Å². The lowest BCUT2D eigenvalue weighted by atomic mass is 9.97. The maximum Gasteiger partial charge on any atom is 0.0640 e. The minimum Gasteiger partial charge on any atom is -0.309 e. The van der Waals surface area contributed by atoms with Crippen molar-refractivity contribution in [3.8, 4) is 11.1 Å². The first kappa shape index (κ1) is 40.7. The van der Waals surface area contributed by atoms with Crippen molar-refractivity contribution in [1.82, 2.24) is 4.40 Å². The zero-order valence-corrected chi connectivity index (χ0v) is 41.0. The Hall–Kier alpha value is -9.00. The maximum absolute atomic E-state index is 2.56. The average molecular weight is 964 g/mol. The number of fused-ring (bicyclic) bond motifs is 14. The molecule has 5 heteroatoms. The fraction of sp³-hybridized carbons (Fsp3) is 0. The van der Waals surface area contributed by atoms with Crippen molar-refractivity contribution in [3.05, 3.63) is 249 Å².